The van der Waals surface area contributed by atoms with Gasteiger partial charge in [0.2, 0.25) is 0 Å². The minimum absolute atomic E-state index is 0.503. The Balaban J connectivity index is 2.12. The minimum atomic E-state index is -0.503. The molecule has 0 spiro atoms. The van der Waals surface area contributed by atoms with Crippen molar-refractivity contribution < 1.29 is 5.11 Å². The highest BCUT2D eigenvalue weighted by molar-refractivity contribution is 5.17. The molecule has 13 heavy (non-hydrogen) atoms. The Morgan fingerprint density at radius 3 is 1.69 bits per heavy atom. The highest BCUT2D eigenvalue weighted by Crippen LogP contribution is 2.50. The molecule has 0 amide bonds. The third-order valence-electron chi connectivity index (χ3n) is 4.14. The van der Waals surface area contributed by atoms with Gasteiger partial charge >= 0.3 is 0 Å². The zero-order valence-electron chi connectivity index (χ0n) is 8.55. The van der Waals surface area contributed by atoms with Gasteiger partial charge in [0, 0.05) is 0 Å². The molecule has 1 nitrogen and oxygen atoms in total. The largest absolute Gasteiger partial charge is 0.385 e. The molecule has 0 saturated heterocycles. The van der Waals surface area contributed by atoms with Crippen LogP contribution < -0.4 is 0 Å². The van der Waals surface area contributed by atoms with Crippen LogP contribution in [0.5, 0.6) is 0 Å². The fourth-order valence-electron chi connectivity index (χ4n) is 2.73. The van der Waals surface area contributed by atoms with E-state index < -0.39 is 5.60 Å². The maximum Gasteiger partial charge on any atom is 0.0907 e. The molecule has 0 radical (unpaired) electrons. The average molecular weight is 180 g/mol. The van der Waals surface area contributed by atoms with Crippen LogP contribution >= 0.6 is 0 Å². The van der Waals surface area contributed by atoms with Crippen molar-refractivity contribution >= 4 is 0 Å². The van der Waals surface area contributed by atoms with E-state index in [2.05, 4.69) is 6.58 Å². The summed E-state index contributed by atoms with van der Waals surface area (Å²) in [5, 5.41) is 10.6. The van der Waals surface area contributed by atoms with Crippen LogP contribution in [0.2, 0.25) is 0 Å². The quantitative estimate of drug-likeness (QED) is 0.662. The van der Waals surface area contributed by atoms with Crippen molar-refractivity contribution in [2.75, 3.05) is 0 Å². The molecule has 0 atom stereocenters. The summed E-state index contributed by atoms with van der Waals surface area (Å²) in [4.78, 5) is 0. The number of aliphatic hydroxyl groups is 1. The summed E-state index contributed by atoms with van der Waals surface area (Å²) < 4.78 is 0. The maximum absolute atomic E-state index is 10.6. The Morgan fingerprint density at radius 1 is 1.15 bits per heavy atom. The van der Waals surface area contributed by atoms with E-state index in [9.17, 15) is 5.11 Å². The van der Waals surface area contributed by atoms with Gasteiger partial charge in [-0.05, 0) is 50.0 Å². The van der Waals surface area contributed by atoms with E-state index in [1.165, 1.54) is 38.5 Å². The summed E-state index contributed by atoms with van der Waals surface area (Å²) in [5.41, 5.74) is 0.498. The fourth-order valence-corrected chi connectivity index (χ4v) is 2.73. The van der Waals surface area contributed by atoms with Crippen molar-refractivity contribution in [3.63, 3.8) is 0 Å². The Labute approximate surface area is 80.8 Å². The molecule has 1 N–H and O–H groups in total. The van der Waals surface area contributed by atoms with E-state index in [1.807, 2.05) is 6.92 Å². The fraction of sp³-hybridized carbons (Fsp3) is 0.833. The molecule has 0 aliphatic heterocycles. The van der Waals surface area contributed by atoms with Gasteiger partial charge in [0.25, 0.3) is 0 Å². The lowest BCUT2D eigenvalue weighted by Gasteiger charge is -2.50. The molecular formula is C12H20O. The molecule has 1 heteroatoms. The van der Waals surface area contributed by atoms with Crippen molar-refractivity contribution in [3.05, 3.63) is 12.2 Å². The first-order valence-electron chi connectivity index (χ1n) is 5.54. The van der Waals surface area contributed by atoms with Crippen LogP contribution in [-0.2, 0) is 0 Å². The summed E-state index contributed by atoms with van der Waals surface area (Å²) >= 11 is 0. The molecular weight excluding hydrogens is 160 g/mol. The van der Waals surface area contributed by atoms with Gasteiger partial charge < -0.3 is 5.11 Å². The van der Waals surface area contributed by atoms with Gasteiger partial charge in [0.05, 0.1) is 5.60 Å². The normalized spacial score (nSPS) is 25.1. The molecule has 2 rings (SSSR count). The second-order valence-corrected chi connectivity index (χ2v) is 4.86. The number of rotatable bonds is 3. The van der Waals surface area contributed by atoms with Crippen LogP contribution in [-0.4, -0.2) is 10.7 Å². The van der Waals surface area contributed by atoms with Crippen LogP contribution in [0.4, 0.5) is 0 Å². The Morgan fingerprint density at radius 2 is 1.54 bits per heavy atom. The van der Waals surface area contributed by atoms with Crippen molar-refractivity contribution in [2.45, 2.75) is 51.0 Å². The molecule has 0 heterocycles. The lowest BCUT2D eigenvalue weighted by Crippen LogP contribution is -2.51. The molecule has 0 aromatic heterocycles. The first-order valence-corrected chi connectivity index (χ1v) is 5.54. The third-order valence-corrected chi connectivity index (χ3v) is 4.14. The van der Waals surface area contributed by atoms with E-state index in [4.69, 9.17) is 0 Å². The van der Waals surface area contributed by atoms with Crippen LogP contribution in [0.3, 0.4) is 0 Å². The second kappa shape index (κ2) is 3.13. The molecule has 0 bridgehead atoms. The molecule has 2 fully saturated rings. The smallest absolute Gasteiger partial charge is 0.0907 e. The van der Waals surface area contributed by atoms with Gasteiger partial charge in [0.1, 0.15) is 0 Å². The summed E-state index contributed by atoms with van der Waals surface area (Å²) in [6.07, 6.45) is 7.43. The van der Waals surface area contributed by atoms with Crippen LogP contribution in [0.25, 0.3) is 0 Å². The Kier molecular flexibility index (Phi) is 2.23. The minimum Gasteiger partial charge on any atom is -0.385 e. The van der Waals surface area contributed by atoms with Crippen LogP contribution in [0, 0.1) is 11.8 Å². The van der Waals surface area contributed by atoms with Gasteiger partial charge in [-0.15, -0.1) is 0 Å². The average Bonchev–Trinajstić information content (AvgIpc) is 1.77. The molecule has 0 unspecified atom stereocenters. The molecule has 2 saturated carbocycles. The van der Waals surface area contributed by atoms with Crippen molar-refractivity contribution in [1.29, 1.82) is 0 Å². The van der Waals surface area contributed by atoms with Gasteiger partial charge in [-0.1, -0.05) is 19.4 Å². The summed E-state index contributed by atoms with van der Waals surface area (Å²) in [6.45, 7) is 5.98. The van der Waals surface area contributed by atoms with E-state index in [-0.39, 0.29) is 0 Å². The molecule has 0 aromatic rings. The van der Waals surface area contributed by atoms with Crippen LogP contribution in [0.15, 0.2) is 12.2 Å². The second-order valence-electron chi connectivity index (χ2n) is 4.86. The van der Waals surface area contributed by atoms with E-state index in [0.717, 1.165) is 5.57 Å². The van der Waals surface area contributed by atoms with Gasteiger partial charge in [0.15, 0.2) is 0 Å². The lowest BCUT2D eigenvalue weighted by molar-refractivity contribution is -0.0891. The van der Waals surface area contributed by atoms with Crippen molar-refractivity contribution in [2.24, 2.45) is 11.8 Å². The highest BCUT2D eigenvalue weighted by atomic mass is 16.3. The SMILES string of the molecule is C=C(C)C(O)(C1CCC1)C1CCC1. The van der Waals surface area contributed by atoms with Gasteiger partial charge in [-0.2, -0.15) is 0 Å². The molecule has 2 aliphatic carbocycles. The van der Waals surface area contributed by atoms with Crippen LogP contribution in [0.1, 0.15) is 45.4 Å². The Hall–Kier alpha value is -0.300. The van der Waals surface area contributed by atoms with E-state index in [1.54, 1.807) is 0 Å². The van der Waals surface area contributed by atoms with Gasteiger partial charge in [-0.25, -0.2) is 0 Å². The van der Waals surface area contributed by atoms with E-state index >= 15 is 0 Å². The topological polar surface area (TPSA) is 20.2 Å². The summed E-state index contributed by atoms with van der Waals surface area (Å²) in [6, 6.07) is 0. The maximum atomic E-state index is 10.6. The zero-order chi connectivity index (χ0) is 9.47. The predicted octanol–water partition coefficient (Wildman–Crippen LogP) is 2.89. The summed E-state index contributed by atoms with van der Waals surface area (Å²) in [7, 11) is 0. The number of hydrogen-bond acceptors (Lipinski definition) is 1. The first-order chi connectivity index (χ1) is 6.15. The van der Waals surface area contributed by atoms with Gasteiger partial charge in [-0.3, -0.25) is 0 Å². The van der Waals surface area contributed by atoms with E-state index in [0.29, 0.717) is 11.8 Å². The lowest BCUT2D eigenvalue weighted by atomic mass is 9.59. The molecule has 74 valence electrons. The van der Waals surface area contributed by atoms with Crippen molar-refractivity contribution in [3.8, 4) is 0 Å². The molecule has 2 aliphatic rings. The first kappa shape index (κ1) is 9.26. The zero-order valence-corrected chi connectivity index (χ0v) is 8.55. The highest BCUT2D eigenvalue weighted by Gasteiger charge is 2.48. The monoisotopic (exact) mass is 180 g/mol. The predicted molar refractivity (Wildman–Crippen MR) is 54.4 cm³/mol. The number of hydrogen-bond donors (Lipinski definition) is 1. The standard InChI is InChI=1S/C12H20O/c1-9(2)12(13,10-5-3-6-10)11-7-4-8-11/h10-11,13H,1,3-8H2,2H3. The third kappa shape index (κ3) is 1.25. The Bertz CT molecular complexity index is 197. The molecule has 0 aromatic carbocycles. The summed E-state index contributed by atoms with van der Waals surface area (Å²) in [5.74, 6) is 1.05. The van der Waals surface area contributed by atoms with Crippen molar-refractivity contribution in [1.82, 2.24) is 0 Å².